The highest BCUT2D eigenvalue weighted by Gasteiger charge is 2.10. The van der Waals surface area contributed by atoms with Gasteiger partial charge in [0.1, 0.15) is 5.56 Å². The van der Waals surface area contributed by atoms with Gasteiger partial charge in [-0.05, 0) is 19.8 Å². The Hall–Kier alpha value is -1.36. The van der Waals surface area contributed by atoms with Gasteiger partial charge in [-0.25, -0.2) is 4.79 Å². The Bertz CT molecular complexity index is 333. The summed E-state index contributed by atoms with van der Waals surface area (Å²) in [6.07, 6.45) is 3.47. The quantitative estimate of drug-likeness (QED) is 0.722. The highest BCUT2D eigenvalue weighted by atomic mass is 16.5. The Balaban J connectivity index is 2.48. The monoisotopic (exact) mass is 212 g/mol. The first-order chi connectivity index (χ1) is 7.15. The maximum absolute atomic E-state index is 10.7. The predicted octanol–water partition coefficient (Wildman–Crippen LogP) is 1.32. The second-order valence-corrected chi connectivity index (χ2v) is 3.40. The molecule has 5 heteroatoms. The summed E-state index contributed by atoms with van der Waals surface area (Å²) in [7, 11) is 1.67. The van der Waals surface area contributed by atoms with Crippen molar-refractivity contribution >= 4 is 5.97 Å². The van der Waals surface area contributed by atoms with E-state index in [-0.39, 0.29) is 5.56 Å². The molecular formula is C10H16N2O3. The molecule has 0 aliphatic carbocycles. The van der Waals surface area contributed by atoms with E-state index in [0.29, 0.717) is 5.69 Å². The van der Waals surface area contributed by atoms with Crippen LogP contribution in [0.5, 0.6) is 0 Å². The number of aromatic nitrogens is 2. The third-order valence-corrected chi connectivity index (χ3v) is 2.16. The number of unbranched alkanes of at least 4 members (excludes halogenated alkanes) is 1. The fraction of sp³-hybridized carbons (Fsp3) is 0.600. The van der Waals surface area contributed by atoms with Gasteiger partial charge in [0, 0.05) is 26.5 Å². The standard InChI is InChI=1S/C10H16N2O3/c1-8-9(10(13)14)7-12(11-8)5-3-4-6-15-2/h7H,3-6H2,1-2H3,(H,13,14). The van der Waals surface area contributed by atoms with Crippen molar-refractivity contribution in [1.82, 2.24) is 9.78 Å². The summed E-state index contributed by atoms with van der Waals surface area (Å²) in [5.41, 5.74) is 0.844. The molecule has 0 saturated carbocycles. The second-order valence-electron chi connectivity index (χ2n) is 3.40. The van der Waals surface area contributed by atoms with Crippen molar-refractivity contribution in [2.45, 2.75) is 26.3 Å². The summed E-state index contributed by atoms with van der Waals surface area (Å²) in [5, 5.41) is 12.9. The number of carboxylic acids is 1. The number of aryl methyl sites for hydroxylation is 2. The van der Waals surface area contributed by atoms with Crippen LogP contribution in [0.2, 0.25) is 0 Å². The molecule has 1 rings (SSSR count). The lowest BCUT2D eigenvalue weighted by Crippen LogP contribution is -2.00. The fourth-order valence-corrected chi connectivity index (χ4v) is 1.36. The topological polar surface area (TPSA) is 64.3 Å². The summed E-state index contributed by atoms with van der Waals surface area (Å²) in [5.74, 6) is -0.921. The molecule has 0 aliphatic rings. The number of methoxy groups -OCH3 is 1. The van der Waals surface area contributed by atoms with Crippen LogP contribution < -0.4 is 0 Å². The van der Waals surface area contributed by atoms with Gasteiger partial charge < -0.3 is 9.84 Å². The largest absolute Gasteiger partial charge is 0.478 e. The molecule has 1 heterocycles. The van der Waals surface area contributed by atoms with E-state index in [2.05, 4.69) is 5.10 Å². The van der Waals surface area contributed by atoms with Crippen LogP contribution in [0.25, 0.3) is 0 Å². The Morgan fingerprint density at radius 1 is 1.60 bits per heavy atom. The van der Waals surface area contributed by atoms with Crippen LogP contribution in [0, 0.1) is 6.92 Å². The summed E-state index contributed by atoms with van der Waals surface area (Å²) in [4.78, 5) is 10.7. The van der Waals surface area contributed by atoms with Crippen LogP contribution in [0.15, 0.2) is 6.20 Å². The van der Waals surface area contributed by atoms with Crippen molar-refractivity contribution in [3.63, 3.8) is 0 Å². The summed E-state index contributed by atoms with van der Waals surface area (Å²) < 4.78 is 6.60. The SMILES string of the molecule is COCCCCn1cc(C(=O)O)c(C)n1. The highest BCUT2D eigenvalue weighted by Crippen LogP contribution is 2.06. The van der Waals surface area contributed by atoms with Crippen molar-refractivity contribution in [3.8, 4) is 0 Å². The molecule has 0 fully saturated rings. The van der Waals surface area contributed by atoms with E-state index in [0.717, 1.165) is 26.0 Å². The van der Waals surface area contributed by atoms with E-state index < -0.39 is 5.97 Å². The molecule has 0 amide bonds. The zero-order valence-electron chi connectivity index (χ0n) is 9.06. The lowest BCUT2D eigenvalue weighted by atomic mass is 10.3. The normalized spacial score (nSPS) is 10.5. The van der Waals surface area contributed by atoms with E-state index in [1.165, 1.54) is 0 Å². The maximum Gasteiger partial charge on any atom is 0.339 e. The third kappa shape index (κ3) is 3.36. The molecular weight excluding hydrogens is 196 g/mol. The number of carboxylic acid groups (broad SMARTS) is 1. The van der Waals surface area contributed by atoms with E-state index in [4.69, 9.17) is 9.84 Å². The first kappa shape index (κ1) is 11.7. The summed E-state index contributed by atoms with van der Waals surface area (Å²) in [6.45, 7) is 3.17. The van der Waals surface area contributed by atoms with Crippen LogP contribution in [0.1, 0.15) is 28.9 Å². The first-order valence-corrected chi connectivity index (χ1v) is 4.91. The van der Waals surface area contributed by atoms with E-state index in [9.17, 15) is 4.79 Å². The zero-order valence-corrected chi connectivity index (χ0v) is 9.06. The number of rotatable bonds is 6. The van der Waals surface area contributed by atoms with Gasteiger partial charge in [0.25, 0.3) is 0 Å². The predicted molar refractivity (Wildman–Crippen MR) is 55.0 cm³/mol. The smallest absolute Gasteiger partial charge is 0.339 e. The van der Waals surface area contributed by atoms with Crippen molar-refractivity contribution in [2.24, 2.45) is 0 Å². The fourth-order valence-electron chi connectivity index (χ4n) is 1.36. The molecule has 1 aromatic rings. The zero-order chi connectivity index (χ0) is 11.3. The molecule has 0 saturated heterocycles. The summed E-state index contributed by atoms with van der Waals surface area (Å²) >= 11 is 0. The van der Waals surface area contributed by atoms with Crippen molar-refractivity contribution in [2.75, 3.05) is 13.7 Å². The van der Waals surface area contributed by atoms with Gasteiger partial charge in [0.05, 0.1) is 5.69 Å². The average molecular weight is 212 g/mol. The molecule has 1 aromatic heterocycles. The minimum absolute atomic E-state index is 0.279. The molecule has 5 nitrogen and oxygen atoms in total. The molecule has 0 aliphatic heterocycles. The number of nitrogens with zero attached hydrogens (tertiary/aromatic N) is 2. The lowest BCUT2D eigenvalue weighted by Gasteiger charge is -2.00. The minimum Gasteiger partial charge on any atom is -0.478 e. The van der Waals surface area contributed by atoms with E-state index in [1.54, 1.807) is 24.9 Å². The number of hydrogen-bond donors (Lipinski definition) is 1. The number of hydrogen-bond acceptors (Lipinski definition) is 3. The number of carbonyl (C=O) groups is 1. The lowest BCUT2D eigenvalue weighted by molar-refractivity contribution is 0.0696. The molecule has 0 aromatic carbocycles. The average Bonchev–Trinajstić information content (AvgIpc) is 2.55. The van der Waals surface area contributed by atoms with Gasteiger partial charge in [0.15, 0.2) is 0 Å². The van der Waals surface area contributed by atoms with Crippen molar-refractivity contribution < 1.29 is 14.6 Å². The van der Waals surface area contributed by atoms with Gasteiger partial charge in [-0.3, -0.25) is 4.68 Å². The second kappa shape index (κ2) is 5.50. The van der Waals surface area contributed by atoms with E-state index in [1.807, 2.05) is 0 Å². The Morgan fingerprint density at radius 3 is 2.87 bits per heavy atom. The molecule has 0 bridgehead atoms. The van der Waals surface area contributed by atoms with Gasteiger partial charge in [-0.1, -0.05) is 0 Å². The Labute approximate surface area is 88.7 Å². The number of aromatic carboxylic acids is 1. The van der Waals surface area contributed by atoms with Gasteiger partial charge in [-0.2, -0.15) is 5.10 Å². The molecule has 15 heavy (non-hydrogen) atoms. The number of ether oxygens (including phenoxy) is 1. The van der Waals surface area contributed by atoms with Crippen LogP contribution >= 0.6 is 0 Å². The van der Waals surface area contributed by atoms with Crippen LogP contribution in [0.4, 0.5) is 0 Å². The van der Waals surface area contributed by atoms with Crippen molar-refractivity contribution in [1.29, 1.82) is 0 Å². The molecule has 84 valence electrons. The highest BCUT2D eigenvalue weighted by molar-refractivity contribution is 5.88. The van der Waals surface area contributed by atoms with Crippen LogP contribution in [0.3, 0.4) is 0 Å². The Morgan fingerprint density at radius 2 is 2.33 bits per heavy atom. The van der Waals surface area contributed by atoms with E-state index >= 15 is 0 Å². The van der Waals surface area contributed by atoms with Gasteiger partial charge in [-0.15, -0.1) is 0 Å². The third-order valence-electron chi connectivity index (χ3n) is 2.16. The molecule has 0 unspecified atom stereocenters. The minimum atomic E-state index is -0.921. The van der Waals surface area contributed by atoms with Crippen LogP contribution in [-0.4, -0.2) is 34.6 Å². The first-order valence-electron chi connectivity index (χ1n) is 4.91. The summed E-state index contributed by atoms with van der Waals surface area (Å²) in [6, 6.07) is 0. The van der Waals surface area contributed by atoms with Gasteiger partial charge >= 0.3 is 5.97 Å². The molecule has 0 radical (unpaired) electrons. The van der Waals surface area contributed by atoms with Crippen molar-refractivity contribution in [3.05, 3.63) is 17.5 Å². The van der Waals surface area contributed by atoms with Gasteiger partial charge in [0.2, 0.25) is 0 Å². The molecule has 1 N–H and O–H groups in total. The molecule has 0 spiro atoms. The Kier molecular flexibility index (Phi) is 4.30. The molecule has 0 atom stereocenters. The van der Waals surface area contributed by atoms with Crippen LogP contribution in [-0.2, 0) is 11.3 Å². The maximum atomic E-state index is 10.7.